The molecule has 4 aromatic rings. The summed E-state index contributed by atoms with van der Waals surface area (Å²) in [4.78, 5) is 40.5. The van der Waals surface area contributed by atoms with Gasteiger partial charge in [-0.2, -0.15) is 5.10 Å². The summed E-state index contributed by atoms with van der Waals surface area (Å²) in [6.07, 6.45) is 5.42. The van der Waals surface area contributed by atoms with Gasteiger partial charge >= 0.3 is 5.97 Å². The number of rotatable bonds is 14. The van der Waals surface area contributed by atoms with Crippen LogP contribution in [0.1, 0.15) is 65.6 Å². The van der Waals surface area contributed by atoms with Crippen LogP contribution in [-0.4, -0.2) is 62.7 Å². The van der Waals surface area contributed by atoms with Gasteiger partial charge in [0.25, 0.3) is 5.91 Å². The molecule has 3 heterocycles. The number of carbonyl (C=O) groups excluding carboxylic acids is 3. The van der Waals surface area contributed by atoms with Crippen LogP contribution in [0.25, 0.3) is 0 Å². The Bertz CT molecular complexity index is 1660. The molecule has 0 radical (unpaired) electrons. The van der Waals surface area contributed by atoms with Crippen molar-refractivity contribution in [2.24, 2.45) is 0 Å². The zero-order valence-electron chi connectivity index (χ0n) is 26.3. The first-order chi connectivity index (χ1) is 22.8. The molecule has 2 aromatic heterocycles. The van der Waals surface area contributed by atoms with Crippen molar-refractivity contribution in [1.82, 2.24) is 25.3 Å². The number of likely N-dealkylation sites (tertiary alicyclic amines) is 1. The Kier molecular flexibility index (Phi) is 12.4. The van der Waals surface area contributed by atoms with Crippen LogP contribution in [0.5, 0.6) is 0 Å². The number of aryl methyl sites for hydroxylation is 3. The highest BCUT2D eigenvalue weighted by atomic mass is 35.5. The number of amides is 2. The Labute approximate surface area is 283 Å². The van der Waals surface area contributed by atoms with Gasteiger partial charge in [0.2, 0.25) is 17.1 Å². The summed E-state index contributed by atoms with van der Waals surface area (Å²) < 4.78 is 5.68. The standard InChI is InChI=1S/C34H38ClN7O4S/c1-23-9-7-10-24(19-23)20-29(43)36-28-16-15-27(38-39-28)13-3-4-14-30-40-41-34(47-30)37-33(45)32(25-11-8-12-26(35)21-25)46-31(44)22-42-17-5-2-6-18-42/h7-12,15-16,19,21,32H,2-6,13-14,17-18,20,22H2,1H3,(H,36,39,43)(H,37,41,45). The van der Waals surface area contributed by atoms with Crippen molar-refractivity contribution >= 4 is 51.7 Å². The number of halogens is 1. The second kappa shape index (κ2) is 17.1. The van der Waals surface area contributed by atoms with Gasteiger partial charge in [-0.15, -0.1) is 15.3 Å². The van der Waals surface area contributed by atoms with Crippen LogP contribution in [0.4, 0.5) is 10.9 Å². The van der Waals surface area contributed by atoms with Crippen molar-refractivity contribution in [2.45, 2.75) is 64.4 Å². The molecular formula is C34H38ClN7O4S. The van der Waals surface area contributed by atoms with E-state index in [0.29, 0.717) is 28.0 Å². The molecule has 1 unspecified atom stereocenters. The fourth-order valence-corrected chi connectivity index (χ4v) is 6.31. The predicted octanol–water partition coefficient (Wildman–Crippen LogP) is 5.75. The number of piperidine rings is 1. The number of nitrogens with one attached hydrogen (secondary N) is 2. The third-order valence-corrected chi connectivity index (χ3v) is 8.78. The van der Waals surface area contributed by atoms with Crippen molar-refractivity contribution in [2.75, 3.05) is 30.3 Å². The minimum atomic E-state index is -1.17. The molecule has 0 bridgehead atoms. The molecule has 0 aliphatic carbocycles. The molecule has 1 saturated heterocycles. The zero-order valence-corrected chi connectivity index (χ0v) is 27.9. The maximum atomic E-state index is 13.3. The van der Waals surface area contributed by atoms with E-state index < -0.39 is 18.0 Å². The number of esters is 1. The minimum absolute atomic E-state index is 0.133. The second-order valence-corrected chi connectivity index (χ2v) is 13.1. The lowest BCUT2D eigenvalue weighted by molar-refractivity contribution is -0.156. The fourth-order valence-electron chi connectivity index (χ4n) is 5.32. The van der Waals surface area contributed by atoms with Gasteiger partial charge in [-0.05, 0) is 81.9 Å². The maximum Gasteiger partial charge on any atom is 0.321 e. The van der Waals surface area contributed by atoms with Gasteiger partial charge in [0.15, 0.2) is 5.82 Å². The van der Waals surface area contributed by atoms with Crippen LogP contribution < -0.4 is 10.6 Å². The van der Waals surface area contributed by atoms with Crippen LogP contribution in [-0.2, 0) is 38.4 Å². The number of anilines is 2. The molecule has 1 aliphatic rings. The van der Waals surface area contributed by atoms with E-state index in [1.807, 2.05) is 42.2 Å². The molecule has 0 saturated carbocycles. The van der Waals surface area contributed by atoms with Crippen LogP contribution >= 0.6 is 22.9 Å². The molecule has 5 rings (SSSR count). The summed E-state index contributed by atoms with van der Waals surface area (Å²) >= 11 is 7.46. The summed E-state index contributed by atoms with van der Waals surface area (Å²) in [5.41, 5.74) is 3.36. The average molecular weight is 676 g/mol. The molecule has 2 amide bonds. The van der Waals surface area contributed by atoms with Gasteiger partial charge < -0.3 is 10.1 Å². The van der Waals surface area contributed by atoms with Gasteiger partial charge in [0, 0.05) is 17.0 Å². The average Bonchev–Trinajstić information content (AvgIpc) is 3.50. The Hall–Kier alpha value is -4.26. The molecule has 1 fully saturated rings. The quantitative estimate of drug-likeness (QED) is 0.126. The molecular weight excluding hydrogens is 638 g/mol. The molecule has 11 nitrogen and oxygen atoms in total. The predicted molar refractivity (Wildman–Crippen MR) is 181 cm³/mol. The summed E-state index contributed by atoms with van der Waals surface area (Å²) in [6.45, 7) is 3.81. The van der Waals surface area contributed by atoms with Gasteiger partial charge in [-0.25, -0.2) is 0 Å². The van der Waals surface area contributed by atoms with E-state index >= 15 is 0 Å². The summed E-state index contributed by atoms with van der Waals surface area (Å²) in [5.74, 6) is -0.703. The monoisotopic (exact) mass is 675 g/mol. The van der Waals surface area contributed by atoms with Gasteiger partial charge in [0.1, 0.15) is 5.01 Å². The second-order valence-electron chi connectivity index (χ2n) is 11.6. The first kappa shape index (κ1) is 34.1. The number of carbonyl (C=O) groups is 3. The van der Waals surface area contributed by atoms with Gasteiger partial charge in [-0.1, -0.05) is 71.3 Å². The number of aromatic nitrogens is 4. The van der Waals surface area contributed by atoms with Crippen molar-refractivity contribution in [1.29, 1.82) is 0 Å². The molecule has 0 spiro atoms. The van der Waals surface area contributed by atoms with Gasteiger partial charge in [-0.3, -0.25) is 24.6 Å². The van der Waals surface area contributed by atoms with E-state index in [2.05, 4.69) is 31.0 Å². The maximum absolute atomic E-state index is 13.3. The molecule has 2 aromatic carbocycles. The Morgan fingerprint density at radius 1 is 0.915 bits per heavy atom. The summed E-state index contributed by atoms with van der Waals surface area (Å²) in [7, 11) is 0. The van der Waals surface area contributed by atoms with E-state index in [-0.39, 0.29) is 18.9 Å². The SMILES string of the molecule is Cc1cccc(CC(=O)Nc2ccc(CCCCc3nnc(NC(=O)C(OC(=O)CN4CCCCC4)c4cccc(Cl)c4)s3)nn2)c1. The van der Waals surface area contributed by atoms with Crippen LogP contribution in [0.2, 0.25) is 5.02 Å². The number of hydrogen-bond acceptors (Lipinski definition) is 10. The Balaban J connectivity index is 1.07. The number of unbranched alkanes of at least 4 members (excludes halogenated alkanes) is 1. The first-order valence-electron chi connectivity index (χ1n) is 15.8. The van der Waals surface area contributed by atoms with E-state index in [0.717, 1.165) is 73.4 Å². The highest BCUT2D eigenvalue weighted by Crippen LogP contribution is 2.25. The van der Waals surface area contributed by atoms with E-state index in [4.69, 9.17) is 16.3 Å². The Morgan fingerprint density at radius 3 is 2.49 bits per heavy atom. The van der Waals surface area contributed by atoms with Crippen LogP contribution in [0, 0.1) is 6.92 Å². The lowest BCUT2D eigenvalue weighted by Crippen LogP contribution is -2.36. The van der Waals surface area contributed by atoms with Crippen molar-refractivity contribution in [3.8, 4) is 0 Å². The van der Waals surface area contributed by atoms with Gasteiger partial charge in [0.05, 0.1) is 18.7 Å². The zero-order chi connectivity index (χ0) is 33.0. The normalized spacial score (nSPS) is 13.9. The number of ether oxygens (including phenoxy) is 1. The lowest BCUT2D eigenvalue weighted by Gasteiger charge is -2.26. The van der Waals surface area contributed by atoms with Crippen molar-refractivity contribution in [3.05, 3.63) is 93.1 Å². The highest BCUT2D eigenvalue weighted by Gasteiger charge is 2.27. The molecule has 13 heteroatoms. The third-order valence-electron chi connectivity index (χ3n) is 7.65. The summed E-state index contributed by atoms with van der Waals surface area (Å²) in [6, 6.07) is 18.2. The van der Waals surface area contributed by atoms with Crippen LogP contribution in [0.15, 0.2) is 60.7 Å². The molecule has 1 atom stereocenters. The highest BCUT2D eigenvalue weighted by molar-refractivity contribution is 7.15. The Morgan fingerprint density at radius 2 is 1.72 bits per heavy atom. The molecule has 1 aliphatic heterocycles. The minimum Gasteiger partial charge on any atom is -0.446 e. The lowest BCUT2D eigenvalue weighted by atomic mass is 10.1. The largest absolute Gasteiger partial charge is 0.446 e. The van der Waals surface area contributed by atoms with E-state index in [9.17, 15) is 14.4 Å². The fraction of sp³-hybridized carbons (Fsp3) is 0.382. The van der Waals surface area contributed by atoms with E-state index in [1.165, 1.54) is 11.3 Å². The summed E-state index contributed by atoms with van der Waals surface area (Å²) in [5, 5.41) is 23.9. The topological polar surface area (TPSA) is 139 Å². The third kappa shape index (κ3) is 10.9. The molecule has 2 N–H and O–H groups in total. The van der Waals surface area contributed by atoms with Crippen molar-refractivity contribution < 1.29 is 19.1 Å². The smallest absolute Gasteiger partial charge is 0.321 e. The van der Waals surface area contributed by atoms with Crippen molar-refractivity contribution in [3.63, 3.8) is 0 Å². The number of benzene rings is 2. The van der Waals surface area contributed by atoms with E-state index in [1.54, 1.807) is 30.3 Å². The molecule has 47 heavy (non-hydrogen) atoms. The molecule has 246 valence electrons. The number of nitrogens with zero attached hydrogens (tertiary/aromatic N) is 5. The number of hydrogen-bond donors (Lipinski definition) is 2. The van der Waals surface area contributed by atoms with Crippen LogP contribution in [0.3, 0.4) is 0 Å². The first-order valence-corrected chi connectivity index (χ1v) is 17.0.